The minimum absolute atomic E-state index is 0.0718. The molecule has 1 aromatic heterocycles. The number of nitrogens with zero attached hydrogens (tertiary/aromatic N) is 1. The number of amides is 2. The Balaban J connectivity index is 1.36. The number of carbonyl (C=O) groups is 2. The molecule has 0 saturated heterocycles. The second-order valence-electron chi connectivity index (χ2n) is 9.41. The van der Waals surface area contributed by atoms with E-state index in [-0.39, 0.29) is 36.4 Å². The van der Waals surface area contributed by atoms with Crippen molar-refractivity contribution in [2.24, 2.45) is 5.92 Å². The van der Waals surface area contributed by atoms with Gasteiger partial charge in [0.1, 0.15) is 18.1 Å². The summed E-state index contributed by atoms with van der Waals surface area (Å²) < 4.78 is 11.7. The van der Waals surface area contributed by atoms with E-state index in [1.807, 2.05) is 49.1 Å². The van der Waals surface area contributed by atoms with Crippen molar-refractivity contribution in [2.45, 2.75) is 51.8 Å². The van der Waals surface area contributed by atoms with Crippen molar-refractivity contribution in [3.05, 3.63) is 88.9 Å². The molecule has 5 rings (SSSR count). The zero-order chi connectivity index (χ0) is 23.7. The van der Waals surface area contributed by atoms with Crippen LogP contribution in [0.25, 0.3) is 0 Å². The molecule has 2 aliphatic rings. The Hall–Kier alpha value is -3.54. The average Bonchev–Trinajstić information content (AvgIpc) is 3.54. The summed E-state index contributed by atoms with van der Waals surface area (Å²) >= 11 is 0. The van der Waals surface area contributed by atoms with E-state index in [1.165, 1.54) is 5.56 Å². The average molecular weight is 459 g/mol. The zero-order valence-electron chi connectivity index (χ0n) is 19.6. The monoisotopic (exact) mass is 458 g/mol. The summed E-state index contributed by atoms with van der Waals surface area (Å²) in [6.07, 6.45) is 2.88. The van der Waals surface area contributed by atoms with Crippen molar-refractivity contribution < 1.29 is 18.7 Å². The van der Waals surface area contributed by atoms with E-state index >= 15 is 0 Å². The molecule has 0 spiro atoms. The number of benzene rings is 2. The number of furan rings is 1. The van der Waals surface area contributed by atoms with Gasteiger partial charge in [-0.05, 0) is 60.2 Å². The van der Waals surface area contributed by atoms with Gasteiger partial charge in [-0.25, -0.2) is 0 Å². The standard InChI is InChI=1S/C28H30N2O4/c1-18(2)28(32)30-15-14-19-8-11-22(16-24(19)26(30)20-6-4-3-5-7-20)33-17-23-12-13-25(34-23)27(31)29-21-9-10-21/h3-8,11-13,16,18,21,26H,9-10,14-15,17H2,1-2H3,(H,29,31)/t26-/m1/s1. The first-order valence-electron chi connectivity index (χ1n) is 12.0. The van der Waals surface area contributed by atoms with Crippen LogP contribution >= 0.6 is 0 Å². The molecule has 6 heteroatoms. The van der Waals surface area contributed by atoms with Gasteiger partial charge in [-0.2, -0.15) is 0 Å². The minimum atomic E-state index is -0.178. The lowest BCUT2D eigenvalue weighted by atomic mass is 9.87. The Morgan fingerprint density at radius 3 is 2.62 bits per heavy atom. The summed E-state index contributed by atoms with van der Waals surface area (Å²) in [5.74, 6) is 1.51. The molecule has 6 nitrogen and oxygen atoms in total. The lowest BCUT2D eigenvalue weighted by Crippen LogP contribution is -2.42. The maximum absolute atomic E-state index is 13.1. The molecule has 0 radical (unpaired) electrons. The highest BCUT2D eigenvalue weighted by atomic mass is 16.5. The van der Waals surface area contributed by atoms with Crippen molar-refractivity contribution >= 4 is 11.8 Å². The first-order valence-corrected chi connectivity index (χ1v) is 12.0. The number of hydrogen-bond donors (Lipinski definition) is 1. The highest BCUT2D eigenvalue weighted by Crippen LogP contribution is 2.38. The SMILES string of the molecule is CC(C)C(=O)N1CCc2ccc(OCc3ccc(C(=O)NC4CC4)o3)cc2[C@H]1c1ccccc1. The van der Waals surface area contributed by atoms with Gasteiger partial charge in [0, 0.05) is 18.5 Å². The van der Waals surface area contributed by atoms with Gasteiger partial charge in [0.15, 0.2) is 5.76 Å². The van der Waals surface area contributed by atoms with Gasteiger partial charge in [0.25, 0.3) is 5.91 Å². The molecule has 176 valence electrons. The van der Waals surface area contributed by atoms with Gasteiger partial charge in [0.2, 0.25) is 5.91 Å². The van der Waals surface area contributed by atoms with Crippen molar-refractivity contribution in [1.29, 1.82) is 0 Å². The second kappa shape index (κ2) is 9.37. The fourth-order valence-electron chi connectivity index (χ4n) is 4.46. The lowest BCUT2D eigenvalue weighted by molar-refractivity contribution is -0.136. The van der Waals surface area contributed by atoms with Gasteiger partial charge in [-0.3, -0.25) is 9.59 Å². The molecule has 0 unspecified atom stereocenters. The van der Waals surface area contributed by atoms with E-state index in [0.29, 0.717) is 23.8 Å². The van der Waals surface area contributed by atoms with E-state index in [9.17, 15) is 9.59 Å². The Kier molecular flexibility index (Phi) is 6.14. The molecule has 0 bridgehead atoms. The van der Waals surface area contributed by atoms with Crippen molar-refractivity contribution in [3.8, 4) is 5.75 Å². The molecule has 3 aromatic rings. The maximum Gasteiger partial charge on any atom is 0.287 e. The summed E-state index contributed by atoms with van der Waals surface area (Å²) in [5, 5.41) is 2.93. The molecule has 1 aliphatic carbocycles. The zero-order valence-corrected chi connectivity index (χ0v) is 19.6. The predicted octanol–water partition coefficient (Wildman–Crippen LogP) is 4.88. The van der Waals surface area contributed by atoms with Crippen LogP contribution in [0.3, 0.4) is 0 Å². The molecule has 2 amide bonds. The van der Waals surface area contributed by atoms with Crippen molar-refractivity contribution in [1.82, 2.24) is 10.2 Å². The fraction of sp³-hybridized carbons (Fsp3) is 0.357. The van der Waals surface area contributed by atoms with E-state index in [4.69, 9.17) is 9.15 Å². The minimum Gasteiger partial charge on any atom is -0.486 e. The van der Waals surface area contributed by atoms with Gasteiger partial charge >= 0.3 is 0 Å². The molecule has 1 atom stereocenters. The molecule has 1 saturated carbocycles. The molecule has 1 fully saturated rings. The number of rotatable bonds is 7. The van der Waals surface area contributed by atoms with Crippen LogP contribution in [0.15, 0.2) is 65.1 Å². The molecule has 2 heterocycles. The largest absolute Gasteiger partial charge is 0.486 e. The summed E-state index contributed by atoms with van der Waals surface area (Å²) in [4.78, 5) is 27.2. The summed E-state index contributed by atoms with van der Waals surface area (Å²) in [6, 6.07) is 19.8. The lowest BCUT2D eigenvalue weighted by Gasteiger charge is -2.39. The highest BCUT2D eigenvalue weighted by Gasteiger charge is 2.33. The molecule has 34 heavy (non-hydrogen) atoms. The topological polar surface area (TPSA) is 71.8 Å². The third-order valence-electron chi connectivity index (χ3n) is 6.42. The number of hydrogen-bond acceptors (Lipinski definition) is 4. The van der Waals surface area contributed by atoms with Gasteiger partial charge in [-0.15, -0.1) is 0 Å². The Bertz CT molecular complexity index is 1180. The third-order valence-corrected chi connectivity index (χ3v) is 6.42. The number of carbonyl (C=O) groups excluding carboxylic acids is 2. The number of nitrogens with one attached hydrogen (secondary N) is 1. The normalized spacial score (nSPS) is 17.4. The Morgan fingerprint density at radius 1 is 1.09 bits per heavy atom. The summed E-state index contributed by atoms with van der Waals surface area (Å²) in [6.45, 7) is 4.81. The quantitative estimate of drug-likeness (QED) is 0.548. The number of ether oxygens (including phenoxy) is 1. The van der Waals surface area contributed by atoms with Crippen LogP contribution in [-0.2, 0) is 17.8 Å². The van der Waals surface area contributed by atoms with Crippen LogP contribution in [0, 0.1) is 5.92 Å². The van der Waals surface area contributed by atoms with Gasteiger partial charge in [0.05, 0.1) is 6.04 Å². The molecule has 2 aromatic carbocycles. The molecule has 1 aliphatic heterocycles. The van der Waals surface area contributed by atoms with Crippen LogP contribution in [0.5, 0.6) is 5.75 Å². The van der Waals surface area contributed by atoms with E-state index < -0.39 is 0 Å². The number of fused-ring (bicyclic) bond motifs is 1. The Labute approximate surface area is 199 Å². The summed E-state index contributed by atoms with van der Waals surface area (Å²) in [7, 11) is 0. The predicted molar refractivity (Wildman–Crippen MR) is 129 cm³/mol. The maximum atomic E-state index is 13.1. The first kappa shape index (κ1) is 22.3. The fourth-order valence-corrected chi connectivity index (χ4v) is 4.46. The van der Waals surface area contributed by atoms with Crippen LogP contribution in [0.1, 0.15) is 65.7 Å². The highest BCUT2D eigenvalue weighted by molar-refractivity contribution is 5.91. The van der Waals surface area contributed by atoms with Crippen LogP contribution < -0.4 is 10.1 Å². The van der Waals surface area contributed by atoms with Crippen molar-refractivity contribution in [2.75, 3.05) is 6.54 Å². The third kappa shape index (κ3) is 4.72. The van der Waals surface area contributed by atoms with Crippen molar-refractivity contribution in [3.63, 3.8) is 0 Å². The van der Waals surface area contributed by atoms with E-state index in [0.717, 1.165) is 30.4 Å². The van der Waals surface area contributed by atoms with Gasteiger partial charge < -0.3 is 19.4 Å². The van der Waals surface area contributed by atoms with Gasteiger partial charge in [-0.1, -0.05) is 50.2 Å². The van der Waals surface area contributed by atoms with Crippen LogP contribution in [-0.4, -0.2) is 29.3 Å². The van der Waals surface area contributed by atoms with E-state index in [2.05, 4.69) is 23.5 Å². The van der Waals surface area contributed by atoms with Crippen LogP contribution in [0.4, 0.5) is 0 Å². The Morgan fingerprint density at radius 2 is 1.88 bits per heavy atom. The summed E-state index contributed by atoms with van der Waals surface area (Å²) in [5.41, 5.74) is 3.41. The second-order valence-corrected chi connectivity index (χ2v) is 9.41. The van der Waals surface area contributed by atoms with Crippen LogP contribution in [0.2, 0.25) is 0 Å². The molecule has 1 N–H and O–H groups in total. The smallest absolute Gasteiger partial charge is 0.287 e. The molecular formula is C28H30N2O4. The van der Waals surface area contributed by atoms with E-state index in [1.54, 1.807) is 12.1 Å². The first-order chi connectivity index (χ1) is 16.5. The molecular weight excluding hydrogens is 428 g/mol.